The summed E-state index contributed by atoms with van der Waals surface area (Å²) in [6.45, 7) is 13.3. The fourth-order valence-electron chi connectivity index (χ4n) is 5.45. The third kappa shape index (κ3) is 4.34. The molecule has 0 radical (unpaired) electrons. The third-order valence-corrected chi connectivity index (χ3v) is 6.83. The van der Waals surface area contributed by atoms with Gasteiger partial charge in [-0.15, -0.1) is 0 Å². The van der Waals surface area contributed by atoms with E-state index in [1.807, 2.05) is 23.1 Å². The molecule has 1 amide bonds. The number of nitrogens with zero attached hydrogens (tertiary/aromatic N) is 2. The number of benzene rings is 2. The van der Waals surface area contributed by atoms with Gasteiger partial charge >= 0.3 is 0 Å². The van der Waals surface area contributed by atoms with Crippen LogP contribution in [0.3, 0.4) is 0 Å². The lowest BCUT2D eigenvalue weighted by Gasteiger charge is -2.51. The maximum Gasteiger partial charge on any atom is 0.224 e. The van der Waals surface area contributed by atoms with Gasteiger partial charge in [-0.2, -0.15) is 0 Å². The largest absolute Gasteiger partial charge is 0.492 e. The highest BCUT2D eigenvalue weighted by Gasteiger charge is 2.47. The Morgan fingerprint density at radius 3 is 2.44 bits per heavy atom. The molecule has 0 aliphatic carbocycles. The summed E-state index contributed by atoms with van der Waals surface area (Å²) < 4.78 is 11.4. The highest BCUT2D eigenvalue weighted by Crippen LogP contribution is 2.51. The molecule has 2 aromatic carbocycles. The molecule has 1 unspecified atom stereocenters. The number of nitrogen functional groups attached to an aromatic ring is 1. The van der Waals surface area contributed by atoms with Gasteiger partial charge in [0.2, 0.25) is 5.91 Å². The van der Waals surface area contributed by atoms with Crippen LogP contribution in [0, 0.1) is 0 Å². The Balaban J connectivity index is 1.57. The van der Waals surface area contributed by atoms with E-state index in [0.29, 0.717) is 12.3 Å². The summed E-state index contributed by atoms with van der Waals surface area (Å²) in [6, 6.07) is 14.3. The minimum Gasteiger partial charge on any atom is -0.492 e. The van der Waals surface area contributed by atoms with Crippen LogP contribution in [-0.4, -0.2) is 55.8 Å². The zero-order chi connectivity index (χ0) is 22.9. The van der Waals surface area contributed by atoms with Gasteiger partial charge in [0.05, 0.1) is 13.2 Å². The first-order valence-electron chi connectivity index (χ1n) is 11.4. The molecular formula is C26H35N3O3. The molecule has 1 atom stereocenters. The molecule has 1 saturated heterocycles. The Morgan fingerprint density at radius 2 is 1.78 bits per heavy atom. The van der Waals surface area contributed by atoms with Crippen LogP contribution in [0.4, 0.5) is 11.4 Å². The molecule has 4 rings (SSSR count). The van der Waals surface area contributed by atoms with E-state index in [9.17, 15) is 4.79 Å². The van der Waals surface area contributed by atoms with Crippen molar-refractivity contribution in [2.75, 3.05) is 50.1 Å². The van der Waals surface area contributed by atoms with Crippen LogP contribution in [0.1, 0.15) is 45.2 Å². The topological polar surface area (TPSA) is 68.0 Å². The fraction of sp³-hybridized carbons (Fsp3) is 0.500. The Labute approximate surface area is 191 Å². The Morgan fingerprint density at radius 1 is 1.09 bits per heavy atom. The monoisotopic (exact) mass is 437 g/mol. The third-order valence-electron chi connectivity index (χ3n) is 6.83. The van der Waals surface area contributed by atoms with E-state index in [2.05, 4.69) is 49.9 Å². The van der Waals surface area contributed by atoms with E-state index >= 15 is 0 Å². The minimum absolute atomic E-state index is 0.0482. The summed E-state index contributed by atoms with van der Waals surface area (Å²) >= 11 is 0. The van der Waals surface area contributed by atoms with Crippen LogP contribution in [0.2, 0.25) is 0 Å². The highest BCUT2D eigenvalue weighted by molar-refractivity contribution is 5.95. The maximum atomic E-state index is 12.5. The molecule has 6 heteroatoms. The van der Waals surface area contributed by atoms with Crippen molar-refractivity contribution in [2.24, 2.45) is 0 Å². The molecule has 32 heavy (non-hydrogen) atoms. The number of carbonyl (C=O) groups is 1. The smallest absolute Gasteiger partial charge is 0.224 e. The summed E-state index contributed by atoms with van der Waals surface area (Å²) in [5.74, 6) is 0.922. The number of fused-ring (bicyclic) bond motifs is 1. The zero-order valence-electron chi connectivity index (χ0n) is 19.7. The molecular weight excluding hydrogens is 402 g/mol. The molecule has 0 saturated carbocycles. The molecule has 2 heterocycles. The summed E-state index contributed by atoms with van der Waals surface area (Å²) in [4.78, 5) is 16.8. The van der Waals surface area contributed by atoms with Gasteiger partial charge in [-0.25, -0.2) is 0 Å². The number of ether oxygens (including phenoxy) is 2. The molecule has 6 nitrogen and oxygen atoms in total. The van der Waals surface area contributed by atoms with Gasteiger partial charge in [0.1, 0.15) is 12.4 Å². The van der Waals surface area contributed by atoms with Gasteiger partial charge in [-0.3, -0.25) is 9.69 Å². The van der Waals surface area contributed by atoms with E-state index in [-0.39, 0.29) is 16.9 Å². The summed E-state index contributed by atoms with van der Waals surface area (Å²) in [7, 11) is 0. The van der Waals surface area contributed by atoms with Crippen LogP contribution in [0.25, 0.3) is 0 Å². The van der Waals surface area contributed by atoms with Crippen molar-refractivity contribution in [3.63, 3.8) is 0 Å². The van der Waals surface area contributed by atoms with E-state index in [4.69, 9.17) is 15.2 Å². The number of hydrogen-bond acceptors (Lipinski definition) is 5. The lowest BCUT2D eigenvalue weighted by atomic mass is 9.65. The number of amides is 1. The van der Waals surface area contributed by atoms with Gasteiger partial charge in [0, 0.05) is 48.9 Å². The van der Waals surface area contributed by atoms with Crippen molar-refractivity contribution in [3.05, 3.63) is 53.6 Å². The average Bonchev–Trinajstić information content (AvgIpc) is 2.75. The molecule has 1 fully saturated rings. The van der Waals surface area contributed by atoms with E-state index in [0.717, 1.165) is 56.3 Å². The molecule has 2 aliphatic rings. The van der Waals surface area contributed by atoms with Crippen LogP contribution in [0.15, 0.2) is 42.5 Å². The number of nitrogens with two attached hydrogens (primary N) is 1. The minimum atomic E-state index is -0.322. The van der Waals surface area contributed by atoms with Crippen molar-refractivity contribution < 1.29 is 14.3 Å². The van der Waals surface area contributed by atoms with Gasteiger partial charge in [0.15, 0.2) is 0 Å². The molecule has 0 bridgehead atoms. The molecule has 2 aliphatic heterocycles. The van der Waals surface area contributed by atoms with Crippen molar-refractivity contribution in [2.45, 2.75) is 45.1 Å². The first-order valence-corrected chi connectivity index (χ1v) is 11.4. The normalized spacial score (nSPS) is 22.9. The quantitative estimate of drug-likeness (QED) is 0.721. The summed E-state index contributed by atoms with van der Waals surface area (Å²) in [6.07, 6.45) is 0.799. The number of anilines is 2. The second-order valence-corrected chi connectivity index (χ2v) is 9.78. The standard InChI is InChI=1S/C26H35N3O3/c1-19(30)29-24-10-7-21(27)17-23(24)26(4,18-25(29,2)3)20-5-8-22(9-6-20)32-16-13-28-11-14-31-15-12-28/h5-10,17H,11-16,18,27H2,1-4H3. The van der Waals surface area contributed by atoms with E-state index < -0.39 is 0 Å². The van der Waals surface area contributed by atoms with Crippen LogP contribution in [-0.2, 0) is 14.9 Å². The number of carbonyl (C=O) groups excluding carboxylic acids is 1. The lowest BCUT2D eigenvalue weighted by Crippen LogP contribution is -2.55. The Kier molecular flexibility index (Phi) is 6.19. The zero-order valence-corrected chi connectivity index (χ0v) is 19.7. The van der Waals surface area contributed by atoms with Crippen LogP contribution >= 0.6 is 0 Å². The summed E-state index contributed by atoms with van der Waals surface area (Å²) in [5, 5.41) is 0. The molecule has 0 aromatic heterocycles. The maximum absolute atomic E-state index is 12.5. The summed E-state index contributed by atoms with van der Waals surface area (Å²) in [5.41, 5.74) is 9.52. The van der Waals surface area contributed by atoms with Crippen LogP contribution < -0.4 is 15.4 Å². The highest BCUT2D eigenvalue weighted by atomic mass is 16.5. The van der Waals surface area contributed by atoms with Crippen molar-refractivity contribution in [1.29, 1.82) is 0 Å². The predicted octanol–water partition coefficient (Wildman–Crippen LogP) is 3.82. The Bertz CT molecular complexity index is 967. The van der Waals surface area contributed by atoms with E-state index in [1.165, 1.54) is 5.56 Å². The molecule has 2 N–H and O–H groups in total. The SMILES string of the molecule is CC(=O)N1c2ccc(N)cc2C(C)(c2ccc(OCCN3CCOCC3)cc2)CC1(C)C. The predicted molar refractivity (Wildman–Crippen MR) is 128 cm³/mol. The first kappa shape index (κ1) is 22.6. The lowest BCUT2D eigenvalue weighted by molar-refractivity contribution is -0.117. The number of morpholine rings is 1. The van der Waals surface area contributed by atoms with Gasteiger partial charge < -0.3 is 20.1 Å². The molecule has 0 spiro atoms. The van der Waals surface area contributed by atoms with Gasteiger partial charge in [0.25, 0.3) is 0 Å². The van der Waals surface area contributed by atoms with Crippen molar-refractivity contribution in [3.8, 4) is 5.75 Å². The van der Waals surface area contributed by atoms with E-state index in [1.54, 1.807) is 6.92 Å². The Hall–Kier alpha value is -2.57. The number of rotatable bonds is 5. The average molecular weight is 438 g/mol. The van der Waals surface area contributed by atoms with Gasteiger partial charge in [-0.05, 0) is 61.7 Å². The van der Waals surface area contributed by atoms with Crippen LogP contribution in [0.5, 0.6) is 5.75 Å². The second-order valence-electron chi connectivity index (χ2n) is 9.78. The second kappa shape index (κ2) is 8.75. The van der Waals surface area contributed by atoms with Gasteiger partial charge in [-0.1, -0.05) is 19.1 Å². The molecule has 2 aromatic rings. The van der Waals surface area contributed by atoms with Crippen molar-refractivity contribution >= 4 is 17.3 Å². The number of hydrogen-bond donors (Lipinski definition) is 1. The fourth-order valence-corrected chi connectivity index (χ4v) is 5.45. The first-order chi connectivity index (χ1) is 15.2. The molecule has 172 valence electrons. The van der Waals surface area contributed by atoms with Crippen molar-refractivity contribution in [1.82, 2.24) is 4.90 Å².